The first-order valence-electron chi connectivity index (χ1n) is 13.9. The van der Waals surface area contributed by atoms with Crippen molar-refractivity contribution in [1.82, 2.24) is 15.3 Å². The predicted octanol–water partition coefficient (Wildman–Crippen LogP) is 3.86. The maximum absolute atomic E-state index is 14.0. The lowest BCUT2D eigenvalue weighted by Gasteiger charge is -2.37. The number of carbonyl (C=O) groups excluding carboxylic acids is 4. The van der Waals surface area contributed by atoms with Crippen LogP contribution in [0.2, 0.25) is 0 Å². The highest BCUT2D eigenvalue weighted by atomic mass is 32.1. The molecule has 2 aliphatic heterocycles. The first kappa shape index (κ1) is 31.5. The number of hydroxylamine groups is 2. The number of nitrogens with one attached hydrogen (secondary N) is 1. The van der Waals surface area contributed by atoms with E-state index in [0.29, 0.717) is 29.5 Å². The average molecular weight is 609 g/mol. The summed E-state index contributed by atoms with van der Waals surface area (Å²) in [7, 11) is 0. The number of halogens is 3. The maximum atomic E-state index is 14.0. The van der Waals surface area contributed by atoms with E-state index in [4.69, 9.17) is 10.6 Å². The summed E-state index contributed by atoms with van der Waals surface area (Å²) < 4.78 is 41.7. The molecule has 3 N–H and O–H groups in total. The topological polar surface area (TPSA) is 122 Å². The molecule has 13 heteroatoms. The van der Waals surface area contributed by atoms with Gasteiger partial charge in [0.2, 0.25) is 17.7 Å². The number of alkyl halides is 3. The zero-order valence-corrected chi connectivity index (χ0v) is 24.7. The number of thiophene rings is 1. The molecule has 42 heavy (non-hydrogen) atoms. The number of nitrogens with two attached hydrogens (primary N) is 1. The number of carbonyl (C=O) groups is 4. The molecule has 0 radical (unpaired) electrons. The Balaban J connectivity index is 1.59. The summed E-state index contributed by atoms with van der Waals surface area (Å²) in [6, 6.07) is 3.30. The minimum absolute atomic E-state index is 0.200. The van der Waals surface area contributed by atoms with Crippen molar-refractivity contribution in [3.63, 3.8) is 0 Å². The molecule has 0 saturated carbocycles. The Hall–Kier alpha value is -3.45. The first-order chi connectivity index (χ1) is 19.8. The fourth-order valence-electron chi connectivity index (χ4n) is 5.72. The highest BCUT2D eigenvalue weighted by molar-refractivity contribution is 7.17. The van der Waals surface area contributed by atoms with Crippen LogP contribution in [-0.4, -0.2) is 70.4 Å². The van der Waals surface area contributed by atoms with E-state index < -0.39 is 53.9 Å². The normalized spacial score (nSPS) is 21.5. The van der Waals surface area contributed by atoms with Gasteiger partial charge in [-0.3, -0.25) is 24.0 Å². The number of likely N-dealkylation sites (tertiary alicyclic amines) is 1. The van der Waals surface area contributed by atoms with Gasteiger partial charge in [0, 0.05) is 17.7 Å². The summed E-state index contributed by atoms with van der Waals surface area (Å²) in [6.45, 7) is 7.19. The van der Waals surface area contributed by atoms with Gasteiger partial charge in [-0.15, -0.1) is 11.3 Å². The third-order valence-corrected chi connectivity index (χ3v) is 9.10. The molecule has 1 saturated heterocycles. The average Bonchev–Trinajstić information content (AvgIpc) is 3.65. The molecule has 1 aromatic heterocycles. The molecule has 9 nitrogen and oxygen atoms in total. The fourth-order valence-corrected chi connectivity index (χ4v) is 6.70. The molecular weight excluding hydrogens is 573 g/mol. The standard InChI is InChI=1S/C29H35F3N4O5S/c1-5-15(2)24(36-16(3)23(26(33)38)17(4)41-36)28(40)35-12-8-10-21(35)27(39)34-20(25(37)29(30,31)32)13-18-14-42-22-11-7-6-9-19(18)22/h6-7,9,11,14-15,17,20-21,24H,5,8,10,12-13H2,1-4H3,(H2,33,38)(H,34,39)/t15?,17?,20-,21-,24-/m0/s1. The number of primary amides is 1. The van der Waals surface area contributed by atoms with E-state index in [9.17, 15) is 32.3 Å². The largest absolute Gasteiger partial charge is 0.452 e. The Morgan fingerprint density at radius 2 is 1.90 bits per heavy atom. The molecule has 2 aromatic rings. The van der Waals surface area contributed by atoms with Crippen molar-refractivity contribution in [3.05, 3.63) is 46.5 Å². The number of Topliss-reactive ketones (excluding diaryl/α,β-unsaturated/α-hetero) is 1. The van der Waals surface area contributed by atoms with Gasteiger partial charge in [0.1, 0.15) is 24.2 Å². The van der Waals surface area contributed by atoms with Crippen LogP contribution in [0.25, 0.3) is 10.1 Å². The lowest BCUT2D eigenvalue weighted by atomic mass is 9.96. The zero-order valence-electron chi connectivity index (χ0n) is 23.9. The quantitative estimate of drug-likeness (QED) is 0.423. The smallest absolute Gasteiger partial charge is 0.366 e. The molecule has 5 atom stereocenters. The Kier molecular flexibility index (Phi) is 9.31. The molecule has 228 valence electrons. The molecule has 0 aliphatic carbocycles. The number of rotatable bonds is 10. The molecule has 1 aromatic carbocycles. The Morgan fingerprint density at radius 3 is 2.52 bits per heavy atom. The summed E-state index contributed by atoms with van der Waals surface area (Å²) in [5, 5.41) is 6.09. The van der Waals surface area contributed by atoms with Crippen LogP contribution in [0.15, 0.2) is 40.9 Å². The van der Waals surface area contributed by atoms with Crippen LogP contribution in [0.5, 0.6) is 0 Å². The molecule has 2 aliphatic rings. The van der Waals surface area contributed by atoms with Crippen LogP contribution in [0.4, 0.5) is 13.2 Å². The predicted molar refractivity (Wildman–Crippen MR) is 151 cm³/mol. The van der Waals surface area contributed by atoms with E-state index in [2.05, 4.69) is 5.32 Å². The Labute approximate surface area is 245 Å². The van der Waals surface area contributed by atoms with Crippen molar-refractivity contribution < 1.29 is 37.2 Å². The van der Waals surface area contributed by atoms with E-state index in [-0.39, 0.29) is 30.9 Å². The van der Waals surface area contributed by atoms with Crippen LogP contribution in [0, 0.1) is 5.92 Å². The van der Waals surface area contributed by atoms with E-state index in [1.807, 2.05) is 19.9 Å². The number of benzene rings is 1. The lowest BCUT2D eigenvalue weighted by Crippen LogP contribution is -2.57. The van der Waals surface area contributed by atoms with Crippen LogP contribution in [0.1, 0.15) is 52.5 Å². The zero-order chi connectivity index (χ0) is 30.9. The van der Waals surface area contributed by atoms with Gasteiger partial charge in [-0.1, -0.05) is 38.5 Å². The van der Waals surface area contributed by atoms with Gasteiger partial charge >= 0.3 is 6.18 Å². The molecule has 0 spiro atoms. The van der Waals surface area contributed by atoms with Crippen LogP contribution in [0.3, 0.4) is 0 Å². The molecule has 4 rings (SSSR count). The molecular formula is C29H35F3N4O5S. The molecule has 3 heterocycles. The molecule has 1 fully saturated rings. The van der Waals surface area contributed by atoms with Gasteiger partial charge in [0.25, 0.3) is 5.78 Å². The number of hydrogen-bond acceptors (Lipinski definition) is 7. The second kappa shape index (κ2) is 12.4. The van der Waals surface area contributed by atoms with Crippen molar-refractivity contribution in [2.75, 3.05) is 6.54 Å². The lowest BCUT2D eigenvalue weighted by molar-refractivity contribution is -0.186. The number of allylic oxidation sites excluding steroid dienone is 1. The third-order valence-electron chi connectivity index (χ3n) is 8.09. The van der Waals surface area contributed by atoms with Gasteiger partial charge in [0.05, 0.1) is 11.3 Å². The highest BCUT2D eigenvalue weighted by Gasteiger charge is 2.47. The van der Waals surface area contributed by atoms with Crippen molar-refractivity contribution >= 4 is 44.9 Å². The summed E-state index contributed by atoms with van der Waals surface area (Å²) in [6.07, 6.45) is -4.96. The summed E-state index contributed by atoms with van der Waals surface area (Å²) in [4.78, 5) is 59.2. The summed E-state index contributed by atoms with van der Waals surface area (Å²) >= 11 is 1.34. The number of fused-ring (bicyclic) bond motifs is 1. The number of ketones is 1. The monoisotopic (exact) mass is 608 g/mol. The highest BCUT2D eigenvalue weighted by Crippen LogP contribution is 2.34. The summed E-state index contributed by atoms with van der Waals surface area (Å²) in [5.74, 6) is -4.29. The SMILES string of the molecule is CCC(C)[C@@H](C(=O)N1CCC[C@H]1C(=O)N[C@@H](Cc1csc2ccccc12)C(=O)C(F)(F)F)N1OC(C)C(C(N)=O)=C1C. The van der Waals surface area contributed by atoms with Crippen molar-refractivity contribution in [2.24, 2.45) is 11.7 Å². The van der Waals surface area contributed by atoms with Gasteiger partial charge in [-0.05, 0) is 55.0 Å². The second-order valence-corrected chi connectivity index (χ2v) is 11.8. The maximum Gasteiger partial charge on any atom is 0.452 e. The minimum Gasteiger partial charge on any atom is -0.366 e. The Morgan fingerprint density at radius 1 is 1.21 bits per heavy atom. The third kappa shape index (κ3) is 6.17. The van der Waals surface area contributed by atoms with E-state index >= 15 is 0 Å². The van der Waals surface area contributed by atoms with Gasteiger partial charge in [-0.25, -0.2) is 5.06 Å². The van der Waals surface area contributed by atoms with Crippen molar-refractivity contribution in [1.29, 1.82) is 0 Å². The minimum atomic E-state index is -5.16. The van der Waals surface area contributed by atoms with Crippen molar-refractivity contribution in [3.8, 4) is 0 Å². The number of nitrogens with zero attached hydrogens (tertiary/aromatic N) is 2. The summed E-state index contributed by atoms with van der Waals surface area (Å²) in [5.41, 5.74) is 6.68. The van der Waals surface area contributed by atoms with Crippen LogP contribution in [-0.2, 0) is 30.4 Å². The van der Waals surface area contributed by atoms with Crippen LogP contribution >= 0.6 is 11.3 Å². The van der Waals surface area contributed by atoms with Gasteiger partial charge in [0.15, 0.2) is 0 Å². The second-order valence-electron chi connectivity index (χ2n) is 10.8. The molecule has 2 unspecified atom stereocenters. The van der Waals surface area contributed by atoms with Gasteiger partial charge in [-0.2, -0.15) is 13.2 Å². The molecule has 3 amide bonds. The van der Waals surface area contributed by atoms with Crippen molar-refractivity contribution in [2.45, 2.75) is 83.8 Å². The van der Waals surface area contributed by atoms with E-state index in [1.54, 1.807) is 37.4 Å². The number of amides is 3. The number of hydrogen-bond donors (Lipinski definition) is 2. The first-order valence-corrected chi connectivity index (χ1v) is 14.8. The van der Waals surface area contributed by atoms with E-state index in [1.165, 1.54) is 21.3 Å². The Bertz CT molecular complexity index is 1410. The van der Waals surface area contributed by atoms with Gasteiger partial charge < -0.3 is 16.0 Å². The van der Waals surface area contributed by atoms with E-state index in [0.717, 1.165) is 4.70 Å². The van der Waals surface area contributed by atoms with Crippen LogP contribution < -0.4 is 11.1 Å². The fraction of sp³-hybridized carbons (Fsp3) is 0.517. The molecule has 0 bridgehead atoms.